The van der Waals surface area contributed by atoms with Crippen molar-refractivity contribution in [1.29, 1.82) is 0 Å². The molecule has 0 atom stereocenters. The summed E-state index contributed by atoms with van der Waals surface area (Å²) in [5.41, 5.74) is 2.41. The minimum atomic E-state index is -0.397. The summed E-state index contributed by atoms with van der Waals surface area (Å²) in [4.78, 5) is 14.9. The molecule has 0 radical (unpaired) electrons. The van der Waals surface area contributed by atoms with E-state index in [0.717, 1.165) is 20.6 Å². The fourth-order valence-corrected chi connectivity index (χ4v) is 2.76. The topological polar surface area (TPSA) is 60.4 Å². The van der Waals surface area contributed by atoms with Crippen molar-refractivity contribution in [2.45, 2.75) is 13.8 Å². The van der Waals surface area contributed by atoms with Gasteiger partial charge in [0.15, 0.2) is 0 Å². The van der Waals surface area contributed by atoms with Crippen LogP contribution in [-0.2, 0) is 0 Å². The molecule has 2 aromatic heterocycles. The summed E-state index contributed by atoms with van der Waals surface area (Å²) in [5, 5.41) is 10.8. The first kappa shape index (κ1) is 15.4. The van der Waals surface area contributed by atoms with E-state index in [-0.39, 0.29) is 5.69 Å². The third kappa shape index (κ3) is 3.05. The Morgan fingerprint density at radius 1 is 1.19 bits per heavy atom. The zero-order valence-corrected chi connectivity index (χ0v) is 13.8. The second-order valence-corrected chi connectivity index (χ2v) is 5.01. The zero-order chi connectivity index (χ0) is 15.4. The summed E-state index contributed by atoms with van der Waals surface area (Å²) in [5.74, 6) is 0. The number of nitro benzene ring substituents is 1. The lowest BCUT2D eigenvalue weighted by Gasteiger charge is -1.98. The van der Waals surface area contributed by atoms with Gasteiger partial charge in [0.25, 0.3) is 5.69 Å². The van der Waals surface area contributed by atoms with Gasteiger partial charge in [-0.3, -0.25) is 14.5 Å². The van der Waals surface area contributed by atoms with Crippen LogP contribution in [0.4, 0.5) is 5.69 Å². The molecule has 0 bridgehead atoms. The Bertz CT molecular complexity index is 783. The van der Waals surface area contributed by atoms with Crippen molar-refractivity contribution in [3.8, 4) is 11.3 Å². The highest BCUT2D eigenvalue weighted by atomic mass is 127. The third-order valence-corrected chi connectivity index (χ3v) is 3.83. The molecule has 0 saturated heterocycles. The normalized spacial score (nSPS) is 10.0. The molecule has 0 aliphatic carbocycles. The number of hydrogen-bond acceptors (Lipinski definition) is 3. The highest BCUT2D eigenvalue weighted by molar-refractivity contribution is 14.1. The zero-order valence-electron chi connectivity index (χ0n) is 11.7. The summed E-state index contributed by atoms with van der Waals surface area (Å²) in [6.45, 7) is 4.00. The average molecular weight is 395 g/mol. The number of nitro groups is 1. The van der Waals surface area contributed by atoms with E-state index in [4.69, 9.17) is 0 Å². The second-order valence-electron chi connectivity index (χ2n) is 3.99. The molecule has 0 amide bonds. The molecule has 0 saturated carbocycles. The summed E-state index contributed by atoms with van der Waals surface area (Å²) in [6.07, 6.45) is 1.92. The second kappa shape index (κ2) is 6.66. The molecular formula is C15H14IN3O2. The van der Waals surface area contributed by atoms with E-state index in [1.165, 1.54) is 6.07 Å². The van der Waals surface area contributed by atoms with E-state index >= 15 is 0 Å². The van der Waals surface area contributed by atoms with Crippen molar-refractivity contribution >= 4 is 33.9 Å². The van der Waals surface area contributed by atoms with Gasteiger partial charge in [-0.05, 0) is 34.7 Å². The first-order chi connectivity index (χ1) is 10.2. The standard InChI is InChI=1S/C13H8IN3O2.C2H6/c14-13-12(15-11-6-1-2-7-16(11)13)9-4-3-5-10(8-9)17(18)19;1-2/h1-8H;1-2H3. The molecule has 0 fully saturated rings. The van der Waals surface area contributed by atoms with Gasteiger partial charge in [-0.15, -0.1) is 0 Å². The van der Waals surface area contributed by atoms with Crippen molar-refractivity contribution < 1.29 is 4.92 Å². The Morgan fingerprint density at radius 2 is 1.95 bits per heavy atom. The maximum absolute atomic E-state index is 10.8. The number of hydrogen-bond donors (Lipinski definition) is 0. The van der Waals surface area contributed by atoms with Crippen LogP contribution in [0.1, 0.15) is 13.8 Å². The number of halogens is 1. The number of pyridine rings is 1. The summed E-state index contributed by atoms with van der Waals surface area (Å²) in [7, 11) is 0. The predicted molar refractivity (Wildman–Crippen MR) is 91.3 cm³/mol. The van der Waals surface area contributed by atoms with Crippen LogP contribution in [0.3, 0.4) is 0 Å². The van der Waals surface area contributed by atoms with Crippen molar-refractivity contribution in [3.05, 3.63) is 62.5 Å². The number of aromatic nitrogens is 2. The number of benzene rings is 1. The smallest absolute Gasteiger partial charge is 0.270 e. The van der Waals surface area contributed by atoms with E-state index in [1.54, 1.807) is 12.1 Å². The van der Waals surface area contributed by atoms with Gasteiger partial charge in [0.2, 0.25) is 0 Å². The van der Waals surface area contributed by atoms with Gasteiger partial charge in [0.05, 0.1) is 4.92 Å². The van der Waals surface area contributed by atoms with Crippen molar-refractivity contribution in [1.82, 2.24) is 9.38 Å². The van der Waals surface area contributed by atoms with Crippen LogP contribution in [0.15, 0.2) is 48.7 Å². The van der Waals surface area contributed by atoms with Crippen molar-refractivity contribution in [2.75, 3.05) is 0 Å². The summed E-state index contributed by atoms with van der Waals surface area (Å²) in [6, 6.07) is 12.3. The number of nitrogens with zero attached hydrogens (tertiary/aromatic N) is 3. The molecule has 0 aliphatic heterocycles. The third-order valence-electron chi connectivity index (χ3n) is 2.80. The maximum Gasteiger partial charge on any atom is 0.270 e. The molecule has 108 valence electrons. The van der Waals surface area contributed by atoms with Crippen LogP contribution < -0.4 is 0 Å². The van der Waals surface area contributed by atoms with E-state index < -0.39 is 4.92 Å². The SMILES string of the molecule is CC.O=[N+]([O-])c1cccc(-c2nc3ccccn3c2I)c1. The molecular weight excluding hydrogens is 381 g/mol. The fraction of sp³-hybridized carbons (Fsp3) is 0.133. The van der Waals surface area contributed by atoms with Crippen LogP contribution >= 0.6 is 22.6 Å². The molecule has 0 aliphatic rings. The van der Waals surface area contributed by atoms with E-state index in [0.29, 0.717) is 0 Å². The molecule has 5 nitrogen and oxygen atoms in total. The molecule has 1 aromatic carbocycles. The van der Waals surface area contributed by atoms with Crippen molar-refractivity contribution in [3.63, 3.8) is 0 Å². The number of imidazole rings is 1. The minimum absolute atomic E-state index is 0.0744. The summed E-state index contributed by atoms with van der Waals surface area (Å²) >= 11 is 2.20. The monoisotopic (exact) mass is 395 g/mol. The minimum Gasteiger partial charge on any atom is -0.294 e. The molecule has 3 rings (SSSR count). The van der Waals surface area contributed by atoms with Crippen molar-refractivity contribution in [2.24, 2.45) is 0 Å². The molecule has 0 spiro atoms. The van der Waals surface area contributed by atoms with Gasteiger partial charge in [-0.2, -0.15) is 0 Å². The lowest BCUT2D eigenvalue weighted by atomic mass is 10.1. The first-order valence-electron chi connectivity index (χ1n) is 6.54. The van der Waals surface area contributed by atoms with Gasteiger partial charge in [-0.25, -0.2) is 4.98 Å². The Morgan fingerprint density at radius 3 is 2.62 bits per heavy atom. The van der Waals surface area contributed by atoms with E-state index in [1.807, 2.05) is 48.7 Å². The highest BCUT2D eigenvalue weighted by Gasteiger charge is 2.14. The fourth-order valence-electron chi connectivity index (χ4n) is 1.92. The van der Waals surface area contributed by atoms with Crippen LogP contribution in [0.2, 0.25) is 0 Å². The van der Waals surface area contributed by atoms with Gasteiger partial charge < -0.3 is 0 Å². The Labute approximate surface area is 135 Å². The van der Waals surface area contributed by atoms with Crippen LogP contribution in [-0.4, -0.2) is 14.3 Å². The Balaban J connectivity index is 0.000000774. The lowest BCUT2D eigenvalue weighted by molar-refractivity contribution is -0.384. The highest BCUT2D eigenvalue weighted by Crippen LogP contribution is 2.28. The number of fused-ring (bicyclic) bond motifs is 1. The number of non-ortho nitro benzene ring substituents is 1. The van der Waals surface area contributed by atoms with Gasteiger partial charge in [0, 0.05) is 23.9 Å². The molecule has 0 N–H and O–H groups in total. The quantitative estimate of drug-likeness (QED) is 0.364. The van der Waals surface area contributed by atoms with Crippen LogP contribution in [0.25, 0.3) is 16.9 Å². The van der Waals surface area contributed by atoms with E-state index in [2.05, 4.69) is 27.6 Å². The van der Waals surface area contributed by atoms with Gasteiger partial charge >= 0.3 is 0 Å². The maximum atomic E-state index is 10.8. The molecule has 6 heteroatoms. The summed E-state index contributed by atoms with van der Waals surface area (Å²) < 4.78 is 2.89. The molecule has 3 aromatic rings. The Kier molecular flexibility index (Phi) is 4.89. The largest absolute Gasteiger partial charge is 0.294 e. The average Bonchev–Trinajstić information content (AvgIpc) is 2.87. The van der Waals surface area contributed by atoms with Gasteiger partial charge in [0.1, 0.15) is 15.0 Å². The van der Waals surface area contributed by atoms with Crippen LogP contribution in [0, 0.1) is 13.8 Å². The van der Waals surface area contributed by atoms with Crippen LogP contribution in [0.5, 0.6) is 0 Å². The van der Waals surface area contributed by atoms with E-state index in [9.17, 15) is 10.1 Å². The lowest BCUT2D eigenvalue weighted by Crippen LogP contribution is -1.89. The molecule has 21 heavy (non-hydrogen) atoms. The predicted octanol–water partition coefficient (Wildman–Crippen LogP) is 4.54. The number of rotatable bonds is 2. The van der Waals surface area contributed by atoms with Gasteiger partial charge in [-0.1, -0.05) is 32.0 Å². The Hall–Kier alpha value is -1.96. The molecule has 0 unspecified atom stereocenters. The first-order valence-corrected chi connectivity index (χ1v) is 7.62. The molecule has 2 heterocycles.